The molecule has 0 radical (unpaired) electrons. The Bertz CT molecular complexity index is 1590. The number of rotatable bonds is 7. The molecule has 2 aromatic heterocycles. The molecule has 8 heteroatoms. The average molecular weight is 486 g/mol. The molecule has 178 valence electrons. The summed E-state index contributed by atoms with van der Waals surface area (Å²) < 4.78 is 28.5. The number of fused-ring (bicyclic) bond motifs is 3. The van der Waals surface area contributed by atoms with E-state index in [-0.39, 0.29) is 21.5 Å². The minimum atomic E-state index is -3.91. The van der Waals surface area contributed by atoms with E-state index in [1.165, 1.54) is 10.1 Å². The summed E-state index contributed by atoms with van der Waals surface area (Å²) in [5.74, 6) is 1.14. The van der Waals surface area contributed by atoms with E-state index in [0.717, 1.165) is 16.5 Å². The standard InChI is InChI=1S/C27H27N5O2S/c1-18(2)20-13-15-22(16-14-20)35(33,34)27-26-29-25(28-17-19(3)21-9-5-4-6-10-21)23-11-7-8-12-24(23)32(26)31-30-27/h4-16,18-19H,17H2,1-3H3,(H,28,29)/t19-/m1/s1. The highest BCUT2D eigenvalue weighted by atomic mass is 32.2. The molecule has 5 rings (SSSR count). The molecule has 1 N–H and O–H groups in total. The van der Waals surface area contributed by atoms with Crippen molar-refractivity contribution in [3.63, 3.8) is 0 Å². The topological polar surface area (TPSA) is 89.2 Å². The highest BCUT2D eigenvalue weighted by Crippen LogP contribution is 2.29. The second-order valence-corrected chi connectivity index (χ2v) is 10.9. The molecule has 0 saturated heterocycles. The van der Waals surface area contributed by atoms with Gasteiger partial charge in [0, 0.05) is 11.9 Å². The van der Waals surface area contributed by atoms with Crippen molar-refractivity contribution in [2.24, 2.45) is 0 Å². The highest BCUT2D eigenvalue weighted by Gasteiger charge is 2.27. The molecule has 35 heavy (non-hydrogen) atoms. The van der Waals surface area contributed by atoms with Crippen LogP contribution in [0, 0.1) is 0 Å². The van der Waals surface area contributed by atoms with E-state index < -0.39 is 9.84 Å². The fraction of sp³-hybridized carbons (Fsp3) is 0.222. The Morgan fingerprint density at radius 2 is 1.54 bits per heavy atom. The number of nitrogens with one attached hydrogen (secondary N) is 1. The van der Waals surface area contributed by atoms with Gasteiger partial charge in [-0.2, -0.15) is 4.52 Å². The Kier molecular flexibility index (Phi) is 5.98. The molecule has 0 aliphatic carbocycles. The zero-order valence-corrected chi connectivity index (χ0v) is 20.7. The van der Waals surface area contributed by atoms with Gasteiger partial charge in [-0.3, -0.25) is 0 Å². The first-order chi connectivity index (χ1) is 16.9. The van der Waals surface area contributed by atoms with Gasteiger partial charge in [0.05, 0.1) is 10.4 Å². The Morgan fingerprint density at radius 1 is 0.857 bits per heavy atom. The largest absolute Gasteiger partial charge is 0.369 e. The number of sulfone groups is 1. The van der Waals surface area contributed by atoms with E-state index in [1.807, 2.05) is 54.6 Å². The molecule has 0 spiro atoms. The van der Waals surface area contributed by atoms with Gasteiger partial charge in [0.2, 0.25) is 14.9 Å². The molecule has 3 aromatic carbocycles. The third-order valence-electron chi connectivity index (χ3n) is 6.28. The van der Waals surface area contributed by atoms with E-state index in [4.69, 9.17) is 4.98 Å². The molecule has 0 aliphatic heterocycles. The number of benzene rings is 3. The summed E-state index contributed by atoms with van der Waals surface area (Å²) in [7, 11) is -3.91. The summed E-state index contributed by atoms with van der Waals surface area (Å²) in [6.07, 6.45) is 0. The minimum Gasteiger partial charge on any atom is -0.369 e. The van der Waals surface area contributed by atoms with Crippen LogP contribution in [0.3, 0.4) is 0 Å². The Hall–Kier alpha value is -3.78. The third-order valence-corrected chi connectivity index (χ3v) is 7.94. The summed E-state index contributed by atoms with van der Waals surface area (Å²) in [5.41, 5.74) is 3.22. The van der Waals surface area contributed by atoms with Crippen molar-refractivity contribution in [3.8, 4) is 0 Å². The SMILES string of the molecule is CC(C)c1ccc(S(=O)(=O)c2nnn3c2nc(NC[C@@H](C)c2ccccc2)c2ccccc23)cc1. The molecule has 0 unspecified atom stereocenters. The van der Waals surface area contributed by atoms with Crippen molar-refractivity contribution in [3.05, 3.63) is 90.0 Å². The maximum absolute atomic E-state index is 13.5. The molecule has 0 aliphatic rings. The summed E-state index contributed by atoms with van der Waals surface area (Å²) >= 11 is 0. The Morgan fingerprint density at radius 3 is 2.26 bits per heavy atom. The van der Waals surface area contributed by atoms with Crippen molar-refractivity contribution in [2.45, 2.75) is 42.5 Å². The van der Waals surface area contributed by atoms with E-state index in [9.17, 15) is 8.42 Å². The maximum Gasteiger partial charge on any atom is 0.229 e. The van der Waals surface area contributed by atoms with Crippen molar-refractivity contribution >= 4 is 32.2 Å². The third kappa shape index (κ3) is 4.25. The summed E-state index contributed by atoms with van der Waals surface area (Å²) in [5, 5.41) is 12.4. The lowest BCUT2D eigenvalue weighted by molar-refractivity contribution is 0.592. The molecule has 1 atom stereocenters. The van der Waals surface area contributed by atoms with Gasteiger partial charge >= 0.3 is 0 Å². The fourth-order valence-corrected chi connectivity index (χ4v) is 5.38. The van der Waals surface area contributed by atoms with E-state index in [2.05, 4.69) is 48.5 Å². The monoisotopic (exact) mass is 485 g/mol. The van der Waals surface area contributed by atoms with Gasteiger partial charge in [0.25, 0.3) is 0 Å². The number of nitrogens with zero attached hydrogens (tertiary/aromatic N) is 4. The maximum atomic E-state index is 13.5. The summed E-state index contributed by atoms with van der Waals surface area (Å²) in [6, 6.07) is 24.8. The van der Waals surface area contributed by atoms with Crippen LogP contribution in [0.15, 0.2) is 88.8 Å². The molecule has 0 saturated carbocycles. The lowest BCUT2D eigenvalue weighted by Gasteiger charge is -2.15. The Balaban J connectivity index is 1.57. The number of hydrogen-bond donors (Lipinski definition) is 1. The quantitative estimate of drug-likeness (QED) is 0.330. The first-order valence-electron chi connectivity index (χ1n) is 11.6. The molecule has 0 amide bonds. The van der Waals surface area contributed by atoms with Crippen LogP contribution in [0.1, 0.15) is 43.7 Å². The van der Waals surface area contributed by atoms with Gasteiger partial charge in [-0.15, -0.1) is 5.10 Å². The van der Waals surface area contributed by atoms with Crippen LogP contribution in [0.4, 0.5) is 5.82 Å². The number of aromatic nitrogens is 4. The number of hydrogen-bond acceptors (Lipinski definition) is 6. The van der Waals surface area contributed by atoms with Gasteiger partial charge in [-0.05, 0) is 47.2 Å². The lowest BCUT2D eigenvalue weighted by atomic mass is 10.0. The highest BCUT2D eigenvalue weighted by molar-refractivity contribution is 7.91. The second kappa shape index (κ2) is 9.11. The molecular formula is C27H27N5O2S. The van der Waals surface area contributed by atoms with Crippen LogP contribution >= 0.6 is 0 Å². The number of anilines is 1. The second-order valence-electron chi connectivity index (χ2n) is 9.03. The summed E-state index contributed by atoms with van der Waals surface area (Å²) in [6.45, 7) is 6.91. The van der Waals surface area contributed by atoms with Crippen LogP contribution in [-0.4, -0.2) is 34.8 Å². The minimum absolute atomic E-state index is 0.153. The zero-order chi connectivity index (χ0) is 24.6. The predicted octanol–water partition coefficient (Wildman–Crippen LogP) is 5.45. The first kappa shape index (κ1) is 23.0. The van der Waals surface area contributed by atoms with Crippen LogP contribution in [0.25, 0.3) is 16.6 Å². The number of para-hydroxylation sites is 1. The van der Waals surface area contributed by atoms with Crippen LogP contribution in [0.5, 0.6) is 0 Å². The summed E-state index contributed by atoms with van der Waals surface area (Å²) in [4.78, 5) is 4.89. The molecule has 0 bridgehead atoms. The molecule has 5 aromatic rings. The first-order valence-corrected chi connectivity index (χ1v) is 13.1. The van der Waals surface area contributed by atoms with Crippen LogP contribution in [0.2, 0.25) is 0 Å². The average Bonchev–Trinajstić information content (AvgIpc) is 3.32. The normalized spacial score (nSPS) is 12.9. The van der Waals surface area contributed by atoms with Gasteiger partial charge in [-0.25, -0.2) is 13.4 Å². The predicted molar refractivity (Wildman–Crippen MR) is 138 cm³/mol. The fourth-order valence-electron chi connectivity index (χ4n) is 4.15. The van der Waals surface area contributed by atoms with E-state index >= 15 is 0 Å². The Labute approximate surface area is 204 Å². The van der Waals surface area contributed by atoms with Crippen molar-refractivity contribution in [2.75, 3.05) is 11.9 Å². The van der Waals surface area contributed by atoms with Gasteiger partial charge in [0.1, 0.15) is 5.82 Å². The van der Waals surface area contributed by atoms with Crippen LogP contribution < -0.4 is 5.32 Å². The molecule has 2 heterocycles. The van der Waals surface area contributed by atoms with Crippen molar-refractivity contribution in [1.29, 1.82) is 0 Å². The van der Waals surface area contributed by atoms with Gasteiger partial charge in [0.15, 0.2) is 5.65 Å². The molecule has 7 nitrogen and oxygen atoms in total. The smallest absolute Gasteiger partial charge is 0.229 e. The molecular weight excluding hydrogens is 458 g/mol. The van der Waals surface area contributed by atoms with Crippen molar-refractivity contribution < 1.29 is 8.42 Å². The van der Waals surface area contributed by atoms with E-state index in [0.29, 0.717) is 18.3 Å². The van der Waals surface area contributed by atoms with E-state index in [1.54, 1.807) is 12.1 Å². The molecule has 0 fully saturated rings. The van der Waals surface area contributed by atoms with Crippen molar-refractivity contribution in [1.82, 2.24) is 19.8 Å². The zero-order valence-electron chi connectivity index (χ0n) is 19.9. The van der Waals surface area contributed by atoms with Gasteiger partial charge < -0.3 is 5.32 Å². The van der Waals surface area contributed by atoms with Crippen LogP contribution in [-0.2, 0) is 9.84 Å². The lowest BCUT2D eigenvalue weighted by Crippen LogP contribution is -2.12. The van der Waals surface area contributed by atoms with Gasteiger partial charge in [-0.1, -0.05) is 80.6 Å².